The number of anilines is 1. The average Bonchev–Trinajstić information content (AvgIpc) is 3.34. The Morgan fingerprint density at radius 3 is 2.57 bits per heavy atom. The summed E-state index contributed by atoms with van der Waals surface area (Å²) >= 11 is 1.35. The number of hydrogen-bond donors (Lipinski definition) is 1. The van der Waals surface area contributed by atoms with E-state index in [0.29, 0.717) is 16.2 Å². The molecule has 3 aromatic rings. The molecule has 1 fully saturated rings. The van der Waals surface area contributed by atoms with Crippen molar-refractivity contribution < 1.29 is 23.8 Å². The number of aliphatic hydroxyl groups excluding tert-OH is 1. The first-order chi connectivity index (χ1) is 14.4. The van der Waals surface area contributed by atoms with Crippen molar-refractivity contribution in [2.75, 3.05) is 12.0 Å². The number of rotatable bonds is 4. The van der Waals surface area contributed by atoms with E-state index in [0.717, 1.165) is 5.56 Å². The molecule has 0 bridgehead atoms. The SMILES string of the molecule is COc1ccc(/C(O)=C2/C(=O)C(=O)N(c3cccc(F)c3)C2c2cccs2)cc1C. The van der Waals surface area contributed by atoms with Gasteiger partial charge in [-0.1, -0.05) is 12.1 Å². The van der Waals surface area contributed by atoms with Gasteiger partial charge in [0.1, 0.15) is 23.4 Å². The Bertz CT molecular complexity index is 1170. The van der Waals surface area contributed by atoms with E-state index in [4.69, 9.17) is 4.74 Å². The molecule has 30 heavy (non-hydrogen) atoms. The van der Waals surface area contributed by atoms with Crippen molar-refractivity contribution in [3.05, 3.63) is 87.4 Å². The lowest BCUT2D eigenvalue weighted by Crippen LogP contribution is -2.29. The van der Waals surface area contributed by atoms with Crippen LogP contribution in [0, 0.1) is 12.7 Å². The van der Waals surface area contributed by atoms with Crippen molar-refractivity contribution in [1.29, 1.82) is 0 Å². The lowest BCUT2D eigenvalue weighted by atomic mass is 9.98. The molecule has 1 atom stereocenters. The topological polar surface area (TPSA) is 66.8 Å². The fourth-order valence-corrected chi connectivity index (χ4v) is 4.45. The minimum atomic E-state index is -0.853. The van der Waals surface area contributed by atoms with Crippen LogP contribution in [0.1, 0.15) is 22.0 Å². The molecule has 0 aliphatic carbocycles. The van der Waals surface area contributed by atoms with Gasteiger partial charge in [-0.2, -0.15) is 0 Å². The highest BCUT2D eigenvalue weighted by Gasteiger charge is 2.47. The number of thiophene rings is 1. The summed E-state index contributed by atoms with van der Waals surface area (Å²) in [5, 5.41) is 12.9. The Labute approximate surface area is 176 Å². The summed E-state index contributed by atoms with van der Waals surface area (Å²) in [7, 11) is 1.54. The van der Waals surface area contributed by atoms with Gasteiger partial charge in [-0.05, 0) is 60.3 Å². The van der Waals surface area contributed by atoms with E-state index in [-0.39, 0.29) is 17.0 Å². The Hall–Kier alpha value is -3.45. The second-order valence-corrected chi connectivity index (χ2v) is 7.83. The van der Waals surface area contributed by atoms with Crippen molar-refractivity contribution in [3.8, 4) is 5.75 Å². The molecule has 7 heteroatoms. The predicted octanol–water partition coefficient (Wildman–Crippen LogP) is 4.83. The van der Waals surface area contributed by atoms with Crippen molar-refractivity contribution in [2.45, 2.75) is 13.0 Å². The fraction of sp³-hybridized carbons (Fsp3) is 0.130. The van der Waals surface area contributed by atoms with Crippen LogP contribution in [0.2, 0.25) is 0 Å². The first kappa shape index (κ1) is 19.8. The minimum absolute atomic E-state index is 0.0312. The van der Waals surface area contributed by atoms with Crippen molar-refractivity contribution in [2.24, 2.45) is 0 Å². The molecule has 0 radical (unpaired) electrons. The monoisotopic (exact) mass is 423 g/mol. The molecule has 1 saturated heterocycles. The second-order valence-electron chi connectivity index (χ2n) is 6.85. The zero-order chi connectivity index (χ0) is 21.4. The molecule has 0 spiro atoms. The molecule has 1 aliphatic heterocycles. The number of ketones is 1. The molecule has 152 valence electrons. The molecule has 0 saturated carbocycles. The van der Waals surface area contributed by atoms with Gasteiger partial charge >= 0.3 is 0 Å². The Morgan fingerprint density at radius 2 is 1.93 bits per heavy atom. The van der Waals surface area contributed by atoms with Crippen LogP contribution in [0.4, 0.5) is 10.1 Å². The van der Waals surface area contributed by atoms with Crippen LogP contribution in [0.15, 0.2) is 65.6 Å². The van der Waals surface area contributed by atoms with Crippen LogP contribution in [-0.4, -0.2) is 23.9 Å². The van der Waals surface area contributed by atoms with Crippen LogP contribution >= 0.6 is 11.3 Å². The van der Waals surface area contributed by atoms with E-state index < -0.39 is 23.5 Å². The van der Waals surface area contributed by atoms with Gasteiger partial charge in [-0.25, -0.2) is 4.39 Å². The number of methoxy groups -OCH3 is 1. The Morgan fingerprint density at radius 1 is 1.13 bits per heavy atom. The third-order valence-corrected chi connectivity index (χ3v) is 5.94. The Kier molecular flexibility index (Phi) is 5.13. The van der Waals surface area contributed by atoms with Crippen molar-refractivity contribution in [1.82, 2.24) is 0 Å². The fourth-order valence-electron chi connectivity index (χ4n) is 3.62. The van der Waals surface area contributed by atoms with Crippen LogP contribution in [0.5, 0.6) is 5.75 Å². The summed E-state index contributed by atoms with van der Waals surface area (Å²) in [6, 6.07) is 13.2. The number of carbonyl (C=O) groups is 2. The summed E-state index contributed by atoms with van der Waals surface area (Å²) in [6.07, 6.45) is 0. The molecular formula is C23H18FNO4S. The summed E-state index contributed by atoms with van der Waals surface area (Å²) in [5.74, 6) is -1.79. The summed E-state index contributed by atoms with van der Waals surface area (Å²) < 4.78 is 19.1. The van der Waals surface area contributed by atoms with E-state index in [9.17, 15) is 19.1 Å². The highest BCUT2D eigenvalue weighted by Crippen LogP contribution is 2.43. The van der Waals surface area contributed by atoms with Gasteiger partial charge in [0, 0.05) is 16.1 Å². The standard InChI is InChI=1S/C23H18FNO4S/c1-13-11-14(8-9-17(13)29-2)21(26)19-20(18-7-4-10-30-18)25(23(28)22(19)27)16-6-3-5-15(24)12-16/h3-12,20,26H,1-2H3/b21-19-. The smallest absolute Gasteiger partial charge is 0.300 e. The van der Waals surface area contributed by atoms with Gasteiger partial charge in [0.15, 0.2) is 0 Å². The largest absolute Gasteiger partial charge is 0.507 e. The summed E-state index contributed by atoms with van der Waals surface area (Å²) in [5.41, 5.74) is 1.39. The maximum Gasteiger partial charge on any atom is 0.300 e. The number of halogens is 1. The Balaban J connectivity index is 1.92. The van der Waals surface area contributed by atoms with E-state index >= 15 is 0 Å². The van der Waals surface area contributed by atoms with E-state index in [1.54, 1.807) is 43.5 Å². The first-order valence-corrected chi connectivity index (χ1v) is 10.1. The number of Topliss-reactive ketones (excluding diaryl/α,β-unsaturated/α-hetero) is 1. The quantitative estimate of drug-likeness (QED) is 0.371. The van der Waals surface area contributed by atoms with Gasteiger partial charge in [0.2, 0.25) is 0 Å². The highest BCUT2D eigenvalue weighted by atomic mass is 32.1. The highest BCUT2D eigenvalue weighted by molar-refractivity contribution is 7.10. The average molecular weight is 423 g/mol. The van der Waals surface area contributed by atoms with E-state index in [1.165, 1.54) is 34.4 Å². The minimum Gasteiger partial charge on any atom is -0.507 e. The molecule has 2 heterocycles. The number of hydrogen-bond acceptors (Lipinski definition) is 5. The van der Waals surface area contributed by atoms with Gasteiger partial charge < -0.3 is 9.84 Å². The van der Waals surface area contributed by atoms with Crippen molar-refractivity contribution in [3.63, 3.8) is 0 Å². The third-order valence-electron chi connectivity index (χ3n) is 5.01. The number of carbonyl (C=O) groups excluding carboxylic acids is 2. The number of aryl methyl sites for hydroxylation is 1. The molecule has 4 rings (SSSR count). The van der Waals surface area contributed by atoms with E-state index in [2.05, 4.69) is 0 Å². The summed E-state index contributed by atoms with van der Waals surface area (Å²) in [4.78, 5) is 27.8. The van der Waals surface area contributed by atoms with Crippen LogP contribution < -0.4 is 9.64 Å². The van der Waals surface area contributed by atoms with Crippen molar-refractivity contribution >= 4 is 34.5 Å². The number of aliphatic hydroxyl groups is 1. The molecule has 2 aromatic carbocycles. The van der Waals surface area contributed by atoms with Gasteiger partial charge in [0.05, 0.1) is 12.7 Å². The lowest BCUT2D eigenvalue weighted by Gasteiger charge is -2.24. The normalized spacial score (nSPS) is 18.1. The van der Waals surface area contributed by atoms with Gasteiger partial charge in [-0.15, -0.1) is 11.3 Å². The maximum absolute atomic E-state index is 13.9. The molecule has 5 nitrogen and oxygen atoms in total. The molecule has 1 aromatic heterocycles. The number of ether oxygens (including phenoxy) is 1. The lowest BCUT2D eigenvalue weighted by molar-refractivity contribution is -0.132. The van der Waals surface area contributed by atoms with E-state index in [1.807, 2.05) is 12.3 Å². The second kappa shape index (κ2) is 7.76. The van der Waals surface area contributed by atoms with Crippen LogP contribution in [0.3, 0.4) is 0 Å². The van der Waals surface area contributed by atoms with Gasteiger partial charge in [-0.3, -0.25) is 14.5 Å². The number of amides is 1. The maximum atomic E-state index is 13.9. The molecule has 1 amide bonds. The molecular weight excluding hydrogens is 405 g/mol. The van der Waals surface area contributed by atoms with Crippen LogP contribution in [-0.2, 0) is 9.59 Å². The summed E-state index contributed by atoms with van der Waals surface area (Å²) in [6.45, 7) is 1.82. The van der Waals surface area contributed by atoms with Gasteiger partial charge in [0.25, 0.3) is 11.7 Å². The predicted molar refractivity (Wildman–Crippen MR) is 113 cm³/mol. The zero-order valence-electron chi connectivity index (χ0n) is 16.3. The molecule has 1 unspecified atom stereocenters. The zero-order valence-corrected chi connectivity index (χ0v) is 17.1. The number of nitrogens with zero attached hydrogens (tertiary/aromatic N) is 1. The third kappa shape index (κ3) is 3.27. The molecule has 1 N–H and O–H groups in total. The molecule has 1 aliphatic rings. The number of benzene rings is 2. The van der Waals surface area contributed by atoms with Crippen LogP contribution in [0.25, 0.3) is 5.76 Å². The first-order valence-electron chi connectivity index (χ1n) is 9.17.